The second kappa shape index (κ2) is 7.24. The molecule has 0 aliphatic carbocycles. The molecular formula is C14H20BrNO2. The van der Waals surface area contributed by atoms with Crippen molar-refractivity contribution in [1.29, 1.82) is 0 Å². The van der Waals surface area contributed by atoms with Gasteiger partial charge >= 0.3 is 0 Å². The number of aliphatic hydroxyl groups is 1. The Morgan fingerprint density at radius 1 is 1.28 bits per heavy atom. The fraction of sp³-hybridized carbons (Fsp3) is 0.571. The van der Waals surface area contributed by atoms with Crippen molar-refractivity contribution in [2.24, 2.45) is 5.92 Å². The molecule has 0 bridgehead atoms. The highest BCUT2D eigenvalue weighted by Gasteiger charge is 2.24. The average molecular weight is 314 g/mol. The molecule has 4 heteroatoms. The van der Waals surface area contributed by atoms with Crippen LogP contribution in [0.5, 0.6) is 0 Å². The van der Waals surface area contributed by atoms with Gasteiger partial charge < -0.3 is 15.2 Å². The van der Waals surface area contributed by atoms with E-state index in [1.54, 1.807) is 0 Å². The van der Waals surface area contributed by atoms with E-state index in [1.165, 1.54) is 5.56 Å². The van der Waals surface area contributed by atoms with E-state index in [2.05, 4.69) is 45.5 Å². The molecule has 0 saturated carbocycles. The molecule has 18 heavy (non-hydrogen) atoms. The van der Waals surface area contributed by atoms with E-state index < -0.39 is 0 Å². The predicted molar refractivity (Wildman–Crippen MR) is 75.5 cm³/mol. The smallest absolute Gasteiger partial charge is 0.0556 e. The number of hydrogen-bond donors (Lipinski definition) is 2. The van der Waals surface area contributed by atoms with Crippen molar-refractivity contribution >= 4 is 15.9 Å². The SMILES string of the molecule is OCCNC(c1ccc(Br)cc1)C1CCOCC1. The van der Waals surface area contributed by atoms with Crippen molar-refractivity contribution < 1.29 is 9.84 Å². The van der Waals surface area contributed by atoms with E-state index in [0.717, 1.165) is 30.5 Å². The zero-order valence-electron chi connectivity index (χ0n) is 10.4. The van der Waals surface area contributed by atoms with E-state index >= 15 is 0 Å². The Balaban J connectivity index is 2.10. The van der Waals surface area contributed by atoms with E-state index in [0.29, 0.717) is 18.5 Å². The average Bonchev–Trinajstić information content (AvgIpc) is 2.42. The monoisotopic (exact) mass is 313 g/mol. The lowest BCUT2D eigenvalue weighted by molar-refractivity contribution is 0.0529. The molecular weight excluding hydrogens is 294 g/mol. The first-order valence-electron chi connectivity index (χ1n) is 6.48. The molecule has 0 spiro atoms. The summed E-state index contributed by atoms with van der Waals surface area (Å²) in [5.74, 6) is 0.589. The van der Waals surface area contributed by atoms with Gasteiger partial charge in [0.15, 0.2) is 0 Å². The number of aliphatic hydroxyl groups excluding tert-OH is 1. The summed E-state index contributed by atoms with van der Waals surface area (Å²) in [5, 5.41) is 12.5. The minimum absolute atomic E-state index is 0.177. The first-order valence-corrected chi connectivity index (χ1v) is 7.28. The molecule has 100 valence electrons. The van der Waals surface area contributed by atoms with Gasteiger partial charge in [-0.05, 0) is 36.5 Å². The third-order valence-electron chi connectivity index (χ3n) is 3.44. The molecule has 1 heterocycles. The van der Waals surface area contributed by atoms with E-state index in [4.69, 9.17) is 9.84 Å². The highest BCUT2D eigenvalue weighted by molar-refractivity contribution is 9.10. The molecule has 2 N–H and O–H groups in total. The molecule has 1 aromatic rings. The van der Waals surface area contributed by atoms with Gasteiger partial charge in [0.25, 0.3) is 0 Å². The predicted octanol–water partition coefficient (Wildman–Crippen LogP) is 2.50. The van der Waals surface area contributed by atoms with Crippen molar-refractivity contribution in [3.63, 3.8) is 0 Å². The molecule has 2 rings (SSSR count). The number of benzene rings is 1. The first-order chi connectivity index (χ1) is 8.81. The van der Waals surface area contributed by atoms with Crippen LogP contribution in [0, 0.1) is 5.92 Å². The summed E-state index contributed by atoms with van der Waals surface area (Å²) in [6.45, 7) is 2.51. The molecule has 1 unspecified atom stereocenters. The number of hydrogen-bond acceptors (Lipinski definition) is 3. The van der Waals surface area contributed by atoms with Crippen molar-refractivity contribution in [3.05, 3.63) is 34.3 Å². The van der Waals surface area contributed by atoms with Gasteiger partial charge in [-0.1, -0.05) is 28.1 Å². The van der Waals surface area contributed by atoms with Crippen LogP contribution in [0.1, 0.15) is 24.4 Å². The molecule has 1 aliphatic heterocycles. The summed E-state index contributed by atoms with van der Waals surface area (Å²) in [5.41, 5.74) is 1.29. The summed E-state index contributed by atoms with van der Waals surface area (Å²) in [6.07, 6.45) is 2.16. The molecule has 1 atom stereocenters. The van der Waals surface area contributed by atoms with Gasteiger partial charge in [-0.3, -0.25) is 0 Å². The van der Waals surface area contributed by atoms with Crippen LogP contribution in [0.3, 0.4) is 0 Å². The van der Waals surface area contributed by atoms with Crippen molar-refractivity contribution in [2.45, 2.75) is 18.9 Å². The van der Waals surface area contributed by atoms with Gasteiger partial charge in [-0.15, -0.1) is 0 Å². The summed E-state index contributed by atoms with van der Waals surface area (Å²) >= 11 is 3.46. The van der Waals surface area contributed by atoms with E-state index in [9.17, 15) is 0 Å². The number of rotatable bonds is 5. The Hall–Kier alpha value is -0.420. The van der Waals surface area contributed by atoms with Gasteiger partial charge in [0.1, 0.15) is 0 Å². The molecule has 0 aromatic heterocycles. The largest absolute Gasteiger partial charge is 0.395 e. The minimum atomic E-state index is 0.177. The van der Waals surface area contributed by atoms with Crippen molar-refractivity contribution in [3.8, 4) is 0 Å². The quantitative estimate of drug-likeness (QED) is 0.877. The molecule has 1 saturated heterocycles. The van der Waals surface area contributed by atoms with Crippen LogP contribution in [-0.2, 0) is 4.74 Å². The second-order valence-corrected chi connectivity index (χ2v) is 5.57. The second-order valence-electron chi connectivity index (χ2n) is 4.66. The Morgan fingerprint density at radius 2 is 1.94 bits per heavy atom. The molecule has 1 aromatic carbocycles. The highest BCUT2D eigenvalue weighted by Crippen LogP contribution is 2.30. The van der Waals surface area contributed by atoms with Crippen molar-refractivity contribution in [1.82, 2.24) is 5.32 Å². The van der Waals surface area contributed by atoms with Crippen LogP contribution in [-0.4, -0.2) is 31.5 Å². The molecule has 1 aliphatic rings. The van der Waals surface area contributed by atoms with Gasteiger partial charge in [-0.2, -0.15) is 0 Å². The number of halogens is 1. The van der Waals surface area contributed by atoms with E-state index in [-0.39, 0.29) is 6.61 Å². The van der Waals surface area contributed by atoms with Gasteiger partial charge in [-0.25, -0.2) is 0 Å². The Labute approximate surface area is 117 Å². The number of ether oxygens (including phenoxy) is 1. The third-order valence-corrected chi connectivity index (χ3v) is 3.97. The topological polar surface area (TPSA) is 41.5 Å². The number of nitrogens with one attached hydrogen (secondary N) is 1. The standard InChI is InChI=1S/C14H20BrNO2/c15-13-3-1-11(2-4-13)14(16-7-8-17)12-5-9-18-10-6-12/h1-4,12,14,16-17H,5-10H2. The molecule has 1 fully saturated rings. The van der Waals surface area contributed by atoms with Crippen LogP contribution in [0.25, 0.3) is 0 Å². The summed E-state index contributed by atoms with van der Waals surface area (Å²) in [6, 6.07) is 8.75. The van der Waals surface area contributed by atoms with Crippen LogP contribution in [0.2, 0.25) is 0 Å². The zero-order chi connectivity index (χ0) is 12.8. The maximum Gasteiger partial charge on any atom is 0.0556 e. The van der Waals surface area contributed by atoms with Crippen LogP contribution >= 0.6 is 15.9 Å². The highest BCUT2D eigenvalue weighted by atomic mass is 79.9. The van der Waals surface area contributed by atoms with Gasteiger partial charge in [0.2, 0.25) is 0 Å². The first kappa shape index (κ1) is 14.0. The van der Waals surface area contributed by atoms with Crippen molar-refractivity contribution in [2.75, 3.05) is 26.4 Å². The maximum atomic E-state index is 9.01. The lowest BCUT2D eigenvalue weighted by Gasteiger charge is -2.31. The third kappa shape index (κ3) is 3.79. The fourth-order valence-corrected chi connectivity index (χ4v) is 2.76. The summed E-state index contributed by atoms with van der Waals surface area (Å²) in [4.78, 5) is 0. The molecule has 0 amide bonds. The fourth-order valence-electron chi connectivity index (χ4n) is 2.50. The lowest BCUT2D eigenvalue weighted by Crippen LogP contribution is -2.33. The van der Waals surface area contributed by atoms with Crippen LogP contribution in [0.15, 0.2) is 28.7 Å². The normalized spacial score (nSPS) is 18.8. The Bertz CT molecular complexity index is 349. The summed E-state index contributed by atoms with van der Waals surface area (Å²) < 4.78 is 6.52. The zero-order valence-corrected chi connectivity index (χ0v) is 12.0. The molecule has 3 nitrogen and oxygen atoms in total. The lowest BCUT2D eigenvalue weighted by atomic mass is 9.87. The van der Waals surface area contributed by atoms with Crippen LogP contribution < -0.4 is 5.32 Å². The van der Waals surface area contributed by atoms with Gasteiger partial charge in [0, 0.05) is 30.3 Å². The maximum absolute atomic E-state index is 9.01. The van der Waals surface area contributed by atoms with Gasteiger partial charge in [0.05, 0.1) is 6.61 Å². The Morgan fingerprint density at radius 3 is 2.56 bits per heavy atom. The molecule has 0 radical (unpaired) electrons. The Kier molecular flexibility index (Phi) is 5.63. The van der Waals surface area contributed by atoms with E-state index in [1.807, 2.05) is 0 Å². The minimum Gasteiger partial charge on any atom is -0.395 e. The summed E-state index contributed by atoms with van der Waals surface area (Å²) in [7, 11) is 0. The van der Waals surface area contributed by atoms with Crippen LogP contribution in [0.4, 0.5) is 0 Å².